The Kier molecular flexibility index (Phi) is 2.35. The molecule has 0 amide bonds. The van der Waals surface area contributed by atoms with Gasteiger partial charge in [-0.2, -0.15) is 0 Å². The SMILES string of the molecule is Cc1ccc(-n2c(C)ccc2C)c(F)c1. The van der Waals surface area contributed by atoms with E-state index in [2.05, 4.69) is 0 Å². The van der Waals surface area contributed by atoms with Crippen LogP contribution in [0.4, 0.5) is 4.39 Å². The van der Waals surface area contributed by atoms with Crippen molar-refractivity contribution in [2.24, 2.45) is 0 Å². The third-order valence-electron chi connectivity index (χ3n) is 2.62. The number of halogens is 1. The van der Waals surface area contributed by atoms with Crippen LogP contribution in [-0.2, 0) is 0 Å². The normalized spacial score (nSPS) is 10.7. The van der Waals surface area contributed by atoms with Gasteiger partial charge >= 0.3 is 0 Å². The lowest BCUT2D eigenvalue weighted by atomic mass is 10.2. The molecule has 0 saturated heterocycles. The molecule has 78 valence electrons. The van der Waals surface area contributed by atoms with Gasteiger partial charge in [0.1, 0.15) is 5.82 Å². The first-order valence-electron chi connectivity index (χ1n) is 5.01. The molecule has 0 unspecified atom stereocenters. The van der Waals surface area contributed by atoms with Gasteiger partial charge in [-0.3, -0.25) is 0 Å². The molecule has 0 aliphatic heterocycles. The molecule has 2 heteroatoms. The summed E-state index contributed by atoms with van der Waals surface area (Å²) < 4.78 is 15.7. The maximum atomic E-state index is 13.8. The van der Waals surface area contributed by atoms with Crippen LogP contribution in [0, 0.1) is 26.6 Å². The second-order valence-corrected chi connectivity index (χ2v) is 3.91. The van der Waals surface area contributed by atoms with Crippen LogP contribution < -0.4 is 0 Å². The van der Waals surface area contributed by atoms with Gasteiger partial charge in [0.25, 0.3) is 0 Å². The molecule has 0 aliphatic carbocycles. The molecule has 15 heavy (non-hydrogen) atoms. The lowest BCUT2D eigenvalue weighted by molar-refractivity contribution is 0.614. The molecule has 1 aromatic heterocycles. The molecule has 1 nitrogen and oxygen atoms in total. The van der Waals surface area contributed by atoms with Crippen molar-refractivity contribution >= 4 is 0 Å². The van der Waals surface area contributed by atoms with Gasteiger partial charge in [-0.1, -0.05) is 6.07 Å². The highest BCUT2D eigenvalue weighted by atomic mass is 19.1. The Bertz CT molecular complexity index is 478. The van der Waals surface area contributed by atoms with E-state index < -0.39 is 0 Å². The molecule has 0 radical (unpaired) electrons. The molecular formula is C13H14FN. The quantitative estimate of drug-likeness (QED) is 0.668. The highest BCUT2D eigenvalue weighted by Crippen LogP contribution is 2.19. The molecule has 0 bridgehead atoms. The molecule has 0 saturated carbocycles. The van der Waals surface area contributed by atoms with Gasteiger partial charge in [0.15, 0.2) is 0 Å². The summed E-state index contributed by atoms with van der Waals surface area (Å²) in [4.78, 5) is 0. The number of hydrogen-bond acceptors (Lipinski definition) is 0. The number of benzene rings is 1. The maximum absolute atomic E-state index is 13.8. The van der Waals surface area contributed by atoms with Crippen molar-refractivity contribution in [3.05, 3.63) is 53.1 Å². The number of nitrogens with zero attached hydrogens (tertiary/aromatic N) is 1. The fraction of sp³-hybridized carbons (Fsp3) is 0.231. The van der Waals surface area contributed by atoms with E-state index in [1.807, 2.05) is 49.6 Å². The Morgan fingerprint density at radius 3 is 2.07 bits per heavy atom. The van der Waals surface area contributed by atoms with Crippen LogP contribution in [-0.4, -0.2) is 4.57 Å². The molecule has 0 spiro atoms. The summed E-state index contributed by atoms with van der Waals surface area (Å²) in [7, 11) is 0. The van der Waals surface area contributed by atoms with E-state index in [0.29, 0.717) is 5.69 Å². The number of aromatic nitrogens is 1. The van der Waals surface area contributed by atoms with E-state index in [0.717, 1.165) is 17.0 Å². The molecule has 2 aromatic rings. The van der Waals surface area contributed by atoms with Crippen molar-refractivity contribution in [2.75, 3.05) is 0 Å². The molecule has 0 atom stereocenters. The van der Waals surface area contributed by atoms with Gasteiger partial charge in [-0.05, 0) is 50.6 Å². The molecule has 0 aliphatic rings. The van der Waals surface area contributed by atoms with Crippen LogP contribution in [0.5, 0.6) is 0 Å². The average molecular weight is 203 g/mol. The molecule has 0 N–H and O–H groups in total. The topological polar surface area (TPSA) is 4.93 Å². The van der Waals surface area contributed by atoms with E-state index >= 15 is 0 Å². The lowest BCUT2D eigenvalue weighted by Crippen LogP contribution is -2.01. The summed E-state index contributed by atoms with van der Waals surface area (Å²) in [6, 6.07) is 9.30. The summed E-state index contributed by atoms with van der Waals surface area (Å²) in [5.41, 5.74) is 3.67. The van der Waals surface area contributed by atoms with Gasteiger partial charge in [0.05, 0.1) is 5.69 Å². The zero-order chi connectivity index (χ0) is 11.0. The molecule has 1 aromatic carbocycles. The van der Waals surface area contributed by atoms with E-state index in [4.69, 9.17) is 0 Å². The molecule has 2 rings (SSSR count). The van der Waals surface area contributed by atoms with Gasteiger partial charge in [-0.15, -0.1) is 0 Å². The second kappa shape index (κ2) is 3.54. The Morgan fingerprint density at radius 2 is 1.53 bits per heavy atom. The van der Waals surface area contributed by atoms with Crippen molar-refractivity contribution in [2.45, 2.75) is 20.8 Å². The first-order valence-corrected chi connectivity index (χ1v) is 5.01. The van der Waals surface area contributed by atoms with E-state index in [-0.39, 0.29) is 5.82 Å². The fourth-order valence-electron chi connectivity index (χ4n) is 1.84. The first kappa shape index (κ1) is 9.97. The number of rotatable bonds is 1. The molecule has 0 fully saturated rings. The predicted molar refractivity (Wildman–Crippen MR) is 59.9 cm³/mol. The highest BCUT2D eigenvalue weighted by molar-refractivity contribution is 5.40. The minimum atomic E-state index is -0.169. The first-order chi connectivity index (χ1) is 7.09. The summed E-state index contributed by atoms with van der Waals surface area (Å²) in [5.74, 6) is -0.169. The third-order valence-corrected chi connectivity index (χ3v) is 2.62. The Morgan fingerprint density at radius 1 is 0.933 bits per heavy atom. The average Bonchev–Trinajstić information content (AvgIpc) is 2.48. The van der Waals surface area contributed by atoms with Crippen LogP contribution >= 0.6 is 0 Å². The van der Waals surface area contributed by atoms with Crippen LogP contribution in [0.15, 0.2) is 30.3 Å². The summed E-state index contributed by atoms with van der Waals surface area (Å²) in [6.07, 6.45) is 0. The predicted octanol–water partition coefficient (Wildman–Crippen LogP) is 3.54. The number of hydrogen-bond donors (Lipinski definition) is 0. The summed E-state index contributed by atoms with van der Waals surface area (Å²) in [5, 5.41) is 0. The van der Waals surface area contributed by atoms with Gasteiger partial charge in [0, 0.05) is 11.4 Å². The Labute approximate surface area is 89.2 Å². The minimum Gasteiger partial charge on any atom is -0.316 e. The zero-order valence-corrected chi connectivity index (χ0v) is 9.21. The molecule has 1 heterocycles. The van der Waals surface area contributed by atoms with Crippen molar-refractivity contribution in [3.8, 4) is 5.69 Å². The van der Waals surface area contributed by atoms with E-state index in [1.165, 1.54) is 0 Å². The largest absolute Gasteiger partial charge is 0.316 e. The van der Waals surface area contributed by atoms with Crippen LogP contribution in [0.3, 0.4) is 0 Å². The van der Waals surface area contributed by atoms with Crippen LogP contribution in [0.1, 0.15) is 17.0 Å². The van der Waals surface area contributed by atoms with Crippen molar-refractivity contribution in [1.29, 1.82) is 0 Å². The molecular weight excluding hydrogens is 189 g/mol. The third kappa shape index (κ3) is 1.67. The highest BCUT2D eigenvalue weighted by Gasteiger charge is 2.08. The van der Waals surface area contributed by atoms with Gasteiger partial charge < -0.3 is 4.57 Å². The van der Waals surface area contributed by atoms with Gasteiger partial charge in [0.2, 0.25) is 0 Å². The van der Waals surface area contributed by atoms with Crippen molar-refractivity contribution in [3.63, 3.8) is 0 Å². The zero-order valence-electron chi connectivity index (χ0n) is 9.21. The summed E-state index contributed by atoms with van der Waals surface area (Å²) in [6.45, 7) is 5.85. The Balaban J connectivity index is 2.64. The smallest absolute Gasteiger partial charge is 0.147 e. The second-order valence-electron chi connectivity index (χ2n) is 3.91. The monoisotopic (exact) mass is 203 g/mol. The summed E-state index contributed by atoms with van der Waals surface area (Å²) >= 11 is 0. The standard InChI is InChI=1S/C13H14FN/c1-9-4-7-13(12(14)8-9)15-10(2)5-6-11(15)3/h4-8H,1-3H3. The van der Waals surface area contributed by atoms with E-state index in [9.17, 15) is 4.39 Å². The fourth-order valence-corrected chi connectivity index (χ4v) is 1.84. The van der Waals surface area contributed by atoms with Crippen LogP contribution in [0.2, 0.25) is 0 Å². The van der Waals surface area contributed by atoms with E-state index in [1.54, 1.807) is 6.07 Å². The van der Waals surface area contributed by atoms with Crippen molar-refractivity contribution in [1.82, 2.24) is 4.57 Å². The lowest BCUT2D eigenvalue weighted by Gasteiger charge is -2.10. The number of aryl methyl sites for hydroxylation is 3. The van der Waals surface area contributed by atoms with Crippen LogP contribution in [0.25, 0.3) is 5.69 Å². The Hall–Kier alpha value is -1.57. The maximum Gasteiger partial charge on any atom is 0.147 e. The minimum absolute atomic E-state index is 0.169. The van der Waals surface area contributed by atoms with Gasteiger partial charge in [-0.25, -0.2) is 4.39 Å². The van der Waals surface area contributed by atoms with Crippen molar-refractivity contribution < 1.29 is 4.39 Å².